The van der Waals surface area contributed by atoms with Crippen LogP contribution in [0.5, 0.6) is 0 Å². The minimum atomic E-state index is -3.56. The van der Waals surface area contributed by atoms with Crippen molar-refractivity contribution in [3.63, 3.8) is 0 Å². The highest BCUT2D eigenvalue weighted by atomic mass is 35.5. The summed E-state index contributed by atoms with van der Waals surface area (Å²) in [5, 5.41) is 14.3. The summed E-state index contributed by atoms with van der Waals surface area (Å²) in [6.07, 6.45) is 1.26. The fraction of sp³-hybridized carbons (Fsp3) is 0.278. The lowest BCUT2D eigenvalue weighted by Gasteiger charge is -2.30. The number of halogens is 1. The van der Waals surface area contributed by atoms with E-state index in [0.29, 0.717) is 38.8 Å². The highest BCUT2D eigenvalue weighted by Crippen LogP contribution is 2.29. The second kappa shape index (κ2) is 8.49. The maximum Gasteiger partial charge on any atom is 0.252 e. The number of benzene rings is 1. The number of anilines is 1. The van der Waals surface area contributed by atoms with Crippen LogP contribution in [0.2, 0.25) is 5.02 Å². The van der Waals surface area contributed by atoms with Gasteiger partial charge in [0.2, 0.25) is 11.0 Å². The quantitative estimate of drug-likeness (QED) is 0.611. The minimum Gasteiger partial charge on any atom is -0.300 e. The Morgan fingerprint density at radius 2 is 2.00 bits per heavy atom. The molecule has 1 saturated heterocycles. The predicted octanol–water partition coefficient (Wildman–Crippen LogP) is 3.96. The number of hydrogen-bond acceptors (Lipinski definition) is 7. The summed E-state index contributed by atoms with van der Waals surface area (Å²) >= 11 is 8.34. The van der Waals surface area contributed by atoms with E-state index >= 15 is 0 Å². The molecule has 1 unspecified atom stereocenters. The maximum atomic E-state index is 12.7. The van der Waals surface area contributed by atoms with Crippen LogP contribution in [0.25, 0.3) is 10.6 Å². The van der Waals surface area contributed by atoms with E-state index in [4.69, 9.17) is 11.6 Å². The van der Waals surface area contributed by atoms with Gasteiger partial charge in [-0.3, -0.25) is 4.79 Å². The van der Waals surface area contributed by atoms with Crippen LogP contribution in [-0.2, 0) is 14.8 Å². The fourth-order valence-electron chi connectivity index (χ4n) is 3.10. The third-order valence-corrected chi connectivity index (χ3v) is 8.97. The molecule has 0 bridgehead atoms. The molecular formula is C18H17ClN4O3S3. The largest absolute Gasteiger partial charge is 0.300 e. The molecule has 3 heterocycles. The van der Waals surface area contributed by atoms with E-state index in [1.807, 2.05) is 12.1 Å². The lowest BCUT2D eigenvalue weighted by atomic mass is 9.99. The van der Waals surface area contributed by atoms with Crippen molar-refractivity contribution in [1.82, 2.24) is 14.5 Å². The first-order valence-corrected chi connectivity index (χ1v) is 12.4. The molecule has 29 heavy (non-hydrogen) atoms. The van der Waals surface area contributed by atoms with Gasteiger partial charge in [-0.25, -0.2) is 8.42 Å². The summed E-state index contributed by atoms with van der Waals surface area (Å²) in [7, 11) is -3.56. The smallest absolute Gasteiger partial charge is 0.252 e. The number of thiophene rings is 1. The van der Waals surface area contributed by atoms with Crippen molar-refractivity contribution in [1.29, 1.82) is 0 Å². The highest BCUT2D eigenvalue weighted by molar-refractivity contribution is 7.91. The molecule has 3 aromatic rings. The molecule has 1 aromatic carbocycles. The van der Waals surface area contributed by atoms with E-state index in [9.17, 15) is 13.2 Å². The van der Waals surface area contributed by atoms with Crippen molar-refractivity contribution in [3.8, 4) is 10.6 Å². The fourth-order valence-corrected chi connectivity index (χ4v) is 6.65. The topological polar surface area (TPSA) is 92.3 Å². The van der Waals surface area contributed by atoms with E-state index in [2.05, 4.69) is 15.5 Å². The lowest BCUT2D eigenvalue weighted by molar-refractivity contribution is -0.120. The first kappa shape index (κ1) is 20.4. The zero-order chi connectivity index (χ0) is 20.4. The summed E-state index contributed by atoms with van der Waals surface area (Å²) in [6.45, 7) is 0.582. The number of piperidine rings is 1. The highest BCUT2D eigenvalue weighted by Gasteiger charge is 2.34. The molecule has 4 rings (SSSR count). The Hall–Kier alpha value is -1.85. The average molecular weight is 469 g/mol. The first-order valence-electron chi connectivity index (χ1n) is 8.87. The molecule has 1 atom stereocenters. The van der Waals surface area contributed by atoms with Gasteiger partial charge >= 0.3 is 0 Å². The van der Waals surface area contributed by atoms with Crippen LogP contribution >= 0.6 is 34.3 Å². The number of sulfonamides is 1. The van der Waals surface area contributed by atoms with Crippen molar-refractivity contribution in [3.05, 3.63) is 46.8 Å². The Balaban J connectivity index is 1.43. The van der Waals surface area contributed by atoms with Crippen LogP contribution in [-0.4, -0.2) is 41.9 Å². The van der Waals surface area contributed by atoms with Crippen LogP contribution in [0.15, 0.2) is 46.0 Å². The average Bonchev–Trinajstić information content (AvgIpc) is 3.41. The van der Waals surface area contributed by atoms with Crippen molar-refractivity contribution < 1.29 is 13.2 Å². The number of carbonyl (C=O) groups excluding carboxylic acids is 1. The monoisotopic (exact) mass is 468 g/mol. The number of rotatable bonds is 5. The molecule has 1 aliphatic heterocycles. The molecule has 0 aliphatic carbocycles. The van der Waals surface area contributed by atoms with Gasteiger partial charge in [0.25, 0.3) is 10.0 Å². The Morgan fingerprint density at radius 1 is 1.21 bits per heavy atom. The van der Waals surface area contributed by atoms with Gasteiger partial charge in [0.05, 0.1) is 5.92 Å². The zero-order valence-electron chi connectivity index (χ0n) is 15.1. The SMILES string of the molecule is O=C(Nc1nnc(-c2ccc(Cl)cc2)s1)C1CCCN(S(=O)(=O)c2cccs2)C1. The van der Waals surface area contributed by atoms with E-state index < -0.39 is 15.9 Å². The molecule has 1 fully saturated rings. The first-order chi connectivity index (χ1) is 13.9. The van der Waals surface area contributed by atoms with Crippen LogP contribution in [0, 0.1) is 5.92 Å². The van der Waals surface area contributed by atoms with Gasteiger partial charge in [-0.15, -0.1) is 21.5 Å². The van der Waals surface area contributed by atoms with E-state index in [1.165, 1.54) is 27.0 Å². The van der Waals surface area contributed by atoms with Crippen LogP contribution in [0.3, 0.4) is 0 Å². The number of amides is 1. The maximum absolute atomic E-state index is 12.7. The molecule has 1 amide bonds. The van der Waals surface area contributed by atoms with Gasteiger partial charge in [-0.05, 0) is 36.4 Å². The number of nitrogens with one attached hydrogen (secondary N) is 1. The van der Waals surface area contributed by atoms with Gasteiger partial charge in [0, 0.05) is 23.7 Å². The van der Waals surface area contributed by atoms with Gasteiger partial charge < -0.3 is 5.32 Å². The Bertz CT molecular complexity index is 1100. The molecule has 0 spiro atoms. The molecule has 0 radical (unpaired) electrons. The third-order valence-electron chi connectivity index (χ3n) is 4.59. The van der Waals surface area contributed by atoms with Gasteiger partial charge in [0.1, 0.15) is 9.22 Å². The number of hydrogen-bond donors (Lipinski definition) is 1. The number of carbonyl (C=O) groups is 1. The molecular weight excluding hydrogens is 452 g/mol. The van der Waals surface area contributed by atoms with Gasteiger partial charge in [-0.1, -0.05) is 41.1 Å². The molecule has 11 heteroatoms. The van der Waals surface area contributed by atoms with Crippen molar-refractivity contribution in [2.24, 2.45) is 5.92 Å². The van der Waals surface area contributed by atoms with Gasteiger partial charge in [0.15, 0.2) is 0 Å². The summed E-state index contributed by atoms with van der Waals surface area (Å²) in [5.41, 5.74) is 0.860. The summed E-state index contributed by atoms with van der Waals surface area (Å²) in [6, 6.07) is 10.5. The zero-order valence-corrected chi connectivity index (χ0v) is 18.3. The minimum absolute atomic E-state index is 0.162. The Morgan fingerprint density at radius 3 is 2.72 bits per heavy atom. The summed E-state index contributed by atoms with van der Waals surface area (Å²) < 4.78 is 27.2. The molecule has 1 aliphatic rings. The second-order valence-electron chi connectivity index (χ2n) is 6.54. The predicted molar refractivity (Wildman–Crippen MR) is 115 cm³/mol. The second-order valence-corrected chi connectivity index (χ2v) is 11.1. The number of aromatic nitrogens is 2. The van der Waals surface area contributed by atoms with Gasteiger partial charge in [-0.2, -0.15) is 4.31 Å². The Labute approximate surface area is 181 Å². The van der Waals surface area contributed by atoms with E-state index in [-0.39, 0.29) is 12.5 Å². The molecule has 2 aromatic heterocycles. The molecule has 152 valence electrons. The lowest BCUT2D eigenvalue weighted by Crippen LogP contribution is -2.43. The van der Waals surface area contributed by atoms with Crippen LogP contribution in [0.4, 0.5) is 5.13 Å². The Kier molecular flexibility index (Phi) is 5.98. The molecule has 1 N–H and O–H groups in total. The third kappa shape index (κ3) is 4.51. The van der Waals surface area contributed by atoms with Crippen LogP contribution in [0.1, 0.15) is 12.8 Å². The summed E-state index contributed by atoms with van der Waals surface area (Å²) in [4.78, 5) is 12.7. The van der Waals surface area contributed by atoms with E-state index in [1.54, 1.807) is 29.6 Å². The standard InChI is InChI=1S/C18H17ClN4O3S3/c19-14-7-5-12(6-8-14)17-21-22-18(28-17)20-16(24)13-3-1-9-23(11-13)29(25,26)15-4-2-10-27-15/h2,4-8,10,13H,1,3,9,11H2,(H,20,22,24). The molecule has 7 nitrogen and oxygen atoms in total. The summed E-state index contributed by atoms with van der Waals surface area (Å²) in [5.74, 6) is -0.670. The van der Waals surface area contributed by atoms with E-state index in [0.717, 1.165) is 5.56 Å². The van der Waals surface area contributed by atoms with Crippen molar-refractivity contribution >= 4 is 55.3 Å². The van der Waals surface area contributed by atoms with Crippen LogP contribution < -0.4 is 5.32 Å². The molecule has 0 saturated carbocycles. The van der Waals surface area contributed by atoms with Crippen molar-refractivity contribution in [2.75, 3.05) is 18.4 Å². The number of nitrogens with zero attached hydrogens (tertiary/aromatic N) is 3. The normalized spacial score (nSPS) is 17.9. The van der Waals surface area contributed by atoms with Crippen molar-refractivity contribution in [2.45, 2.75) is 17.1 Å².